The minimum atomic E-state index is -0.102. The molecule has 0 amide bonds. The first-order valence-electron chi connectivity index (χ1n) is 12.0. The zero-order valence-electron chi connectivity index (χ0n) is 19.3. The molecule has 2 aliphatic heterocycles. The van der Waals surface area contributed by atoms with Crippen molar-refractivity contribution in [3.05, 3.63) is 78.1 Å². The molecular weight excluding hydrogens is 433 g/mol. The van der Waals surface area contributed by atoms with E-state index in [1.807, 2.05) is 18.0 Å². The number of hydrogen-bond acceptors (Lipinski definition) is 5. The molecule has 2 aromatic carbocycles. The van der Waals surface area contributed by atoms with Crippen LogP contribution in [0.5, 0.6) is 0 Å². The van der Waals surface area contributed by atoms with Gasteiger partial charge in [-0.25, -0.2) is 8.70 Å². The highest BCUT2D eigenvalue weighted by Crippen LogP contribution is 2.43. The van der Waals surface area contributed by atoms with Crippen LogP contribution >= 0.6 is 11.9 Å². The molecule has 2 aliphatic rings. The number of aromatic nitrogens is 3. The average Bonchev–Trinajstić information content (AvgIpc) is 3.37. The van der Waals surface area contributed by atoms with Gasteiger partial charge in [0.05, 0.1) is 0 Å². The predicted molar refractivity (Wildman–Crippen MR) is 133 cm³/mol. The number of rotatable bonds is 5. The van der Waals surface area contributed by atoms with Crippen LogP contribution in [0.15, 0.2) is 61.2 Å². The van der Waals surface area contributed by atoms with Crippen molar-refractivity contribution in [3.8, 4) is 0 Å². The molecule has 3 aromatic rings. The van der Waals surface area contributed by atoms with Crippen molar-refractivity contribution in [2.24, 2.45) is 0 Å². The van der Waals surface area contributed by atoms with Gasteiger partial charge in [0.2, 0.25) is 0 Å². The van der Waals surface area contributed by atoms with Crippen LogP contribution in [0, 0.1) is 5.82 Å². The zero-order chi connectivity index (χ0) is 22.8. The topological polar surface area (TPSA) is 37.2 Å². The van der Waals surface area contributed by atoms with E-state index >= 15 is 4.39 Å². The van der Waals surface area contributed by atoms with Crippen molar-refractivity contribution in [1.82, 2.24) is 19.1 Å². The Labute approximate surface area is 200 Å². The van der Waals surface area contributed by atoms with E-state index in [9.17, 15) is 0 Å². The molecule has 0 N–H and O–H groups in total. The van der Waals surface area contributed by atoms with E-state index in [0.29, 0.717) is 29.9 Å². The summed E-state index contributed by atoms with van der Waals surface area (Å²) in [6.45, 7) is 6.01. The van der Waals surface area contributed by atoms with Crippen LogP contribution in [0.2, 0.25) is 0 Å². The summed E-state index contributed by atoms with van der Waals surface area (Å²) in [5, 5.41) is 8.32. The van der Waals surface area contributed by atoms with Gasteiger partial charge in [0, 0.05) is 47.7 Å². The number of nitrogens with zero attached hydrogens (tertiary/aromatic N) is 5. The Morgan fingerprint density at radius 2 is 1.76 bits per heavy atom. The van der Waals surface area contributed by atoms with E-state index in [-0.39, 0.29) is 5.82 Å². The summed E-state index contributed by atoms with van der Waals surface area (Å²) in [7, 11) is 0. The molecule has 4 atom stereocenters. The molecule has 0 radical (unpaired) electrons. The summed E-state index contributed by atoms with van der Waals surface area (Å²) >= 11 is 1.87. The van der Waals surface area contributed by atoms with Gasteiger partial charge < -0.3 is 9.47 Å². The lowest BCUT2D eigenvalue weighted by Gasteiger charge is -2.40. The third-order valence-corrected chi connectivity index (χ3v) is 8.70. The van der Waals surface area contributed by atoms with Crippen LogP contribution in [0.25, 0.3) is 0 Å². The molecule has 0 spiro atoms. The number of halogens is 1. The molecule has 2 saturated heterocycles. The average molecular weight is 466 g/mol. The second kappa shape index (κ2) is 9.85. The smallest absolute Gasteiger partial charge is 0.129 e. The monoisotopic (exact) mass is 465 g/mol. The maximum atomic E-state index is 15.3. The van der Waals surface area contributed by atoms with Crippen LogP contribution in [-0.2, 0) is 6.54 Å². The minimum Gasteiger partial charge on any atom is -0.369 e. The first kappa shape index (κ1) is 22.4. The largest absolute Gasteiger partial charge is 0.369 e. The second-order valence-corrected chi connectivity index (χ2v) is 10.7. The molecule has 3 heterocycles. The maximum Gasteiger partial charge on any atom is 0.129 e. The molecule has 0 unspecified atom stereocenters. The Bertz CT molecular complexity index is 1040. The van der Waals surface area contributed by atoms with Crippen molar-refractivity contribution in [2.45, 2.75) is 69.5 Å². The Morgan fingerprint density at radius 1 is 0.970 bits per heavy atom. The van der Waals surface area contributed by atoms with E-state index in [4.69, 9.17) is 0 Å². The molecule has 5 nitrogen and oxygen atoms in total. The molecule has 1 aromatic heterocycles. The lowest BCUT2D eigenvalue weighted by Crippen LogP contribution is -2.41. The number of benzene rings is 2. The molecule has 0 bridgehead atoms. The molecule has 5 rings (SSSR count). The van der Waals surface area contributed by atoms with Crippen LogP contribution in [0.4, 0.5) is 10.1 Å². The molecule has 2 fully saturated rings. The summed E-state index contributed by atoms with van der Waals surface area (Å²) in [5.74, 6) is -0.102. The highest BCUT2D eigenvalue weighted by Gasteiger charge is 2.29. The Kier molecular flexibility index (Phi) is 6.69. The summed E-state index contributed by atoms with van der Waals surface area (Å²) < 4.78 is 19.7. The molecule has 174 valence electrons. The van der Waals surface area contributed by atoms with Crippen LogP contribution in [-0.4, -0.2) is 37.7 Å². The fraction of sp³-hybridized carbons (Fsp3) is 0.462. The maximum absolute atomic E-state index is 15.3. The Morgan fingerprint density at radius 3 is 2.48 bits per heavy atom. The third kappa shape index (κ3) is 4.94. The van der Waals surface area contributed by atoms with Crippen molar-refractivity contribution in [3.63, 3.8) is 0 Å². The summed E-state index contributed by atoms with van der Waals surface area (Å²) in [6, 6.07) is 17.7. The lowest BCUT2D eigenvalue weighted by atomic mass is 9.97. The SMILES string of the molecule is C[C@H]1CC[C@H](c2ccccc2)SN1Cc1ccc(N2CC[C@@H](n3cnnc3)C[C@@H]2C)cc1F. The molecule has 7 heteroatoms. The summed E-state index contributed by atoms with van der Waals surface area (Å²) in [6.07, 6.45) is 7.90. The van der Waals surface area contributed by atoms with Gasteiger partial charge in [0.15, 0.2) is 0 Å². The highest BCUT2D eigenvalue weighted by atomic mass is 32.2. The van der Waals surface area contributed by atoms with Crippen molar-refractivity contribution in [1.29, 1.82) is 0 Å². The van der Waals surface area contributed by atoms with Gasteiger partial charge in [-0.2, -0.15) is 0 Å². The van der Waals surface area contributed by atoms with E-state index in [0.717, 1.165) is 43.5 Å². The second-order valence-electron chi connectivity index (χ2n) is 9.41. The number of piperidine rings is 1. The van der Waals surface area contributed by atoms with Crippen molar-refractivity contribution >= 4 is 17.6 Å². The minimum absolute atomic E-state index is 0.102. The van der Waals surface area contributed by atoms with Gasteiger partial charge >= 0.3 is 0 Å². The van der Waals surface area contributed by atoms with Crippen molar-refractivity contribution < 1.29 is 4.39 Å². The van der Waals surface area contributed by atoms with Crippen LogP contribution in [0.1, 0.15) is 61.9 Å². The molecule has 0 saturated carbocycles. The van der Waals surface area contributed by atoms with Gasteiger partial charge in [0.25, 0.3) is 0 Å². The van der Waals surface area contributed by atoms with Gasteiger partial charge in [-0.05, 0) is 57.2 Å². The first-order valence-corrected chi connectivity index (χ1v) is 12.8. The van der Waals surface area contributed by atoms with Crippen molar-refractivity contribution in [2.75, 3.05) is 11.4 Å². The third-order valence-electron chi connectivity index (χ3n) is 7.17. The fourth-order valence-electron chi connectivity index (χ4n) is 5.15. The van der Waals surface area contributed by atoms with Gasteiger partial charge in [0.1, 0.15) is 18.5 Å². The Balaban J connectivity index is 1.25. The van der Waals surface area contributed by atoms with Crippen LogP contribution < -0.4 is 4.90 Å². The van der Waals surface area contributed by atoms with E-state index < -0.39 is 0 Å². The zero-order valence-corrected chi connectivity index (χ0v) is 20.2. The molecule has 0 aliphatic carbocycles. The predicted octanol–water partition coefficient (Wildman–Crippen LogP) is 6.02. The lowest BCUT2D eigenvalue weighted by molar-refractivity contribution is 0.317. The standard InChI is InChI=1S/C26H32FN5S/c1-19-8-11-26(21-6-4-3-5-7-21)33-32(19)16-22-9-10-24(15-25(22)27)31-13-12-23(14-20(31)2)30-17-28-29-18-30/h3-7,9-10,15,17-20,23,26H,8,11-14,16H2,1-2H3/t19-,20-,23+,26+/m0/s1. The van der Waals surface area contributed by atoms with Gasteiger partial charge in [-0.15, -0.1) is 10.2 Å². The fourth-order valence-corrected chi connectivity index (χ4v) is 6.53. The van der Waals surface area contributed by atoms with E-state index in [1.54, 1.807) is 18.7 Å². The molecule has 33 heavy (non-hydrogen) atoms. The first-order chi connectivity index (χ1) is 16.1. The molecular formula is C26H32FN5S. The quantitative estimate of drug-likeness (QED) is 0.431. The van der Waals surface area contributed by atoms with Crippen LogP contribution in [0.3, 0.4) is 0 Å². The number of anilines is 1. The van der Waals surface area contributed by atoms with E-state index in [2.05, 4.69) is 74.2 Å². The number of hydrogen-bond donors (Lipinski definition) is 0. The highest BCUT2D eigenvalue weighted by molar-refractivity contribution is 7.97. The normalized spacial score (nSPS) is 26.5. The summed E-state index contributed by atoms with van der Waals surface area (Å²) in [5.41, 5.74) is 3.12. The van der Waals surface area contributed by atoms with Gasteiger partial charge in [-0.3, -0.25) is 0 Å². The summed E-state index contributed by atoms with van der Waals surface area (Å²) in [4.78, 5) is 2.33. The van der Waals surface area contributed by atoms with E-state index in [1.165, 1.54) is 5.56 Å². The van der Waals surface area contributed by atoms with Gasteiger partial charge in [-0.1, -0.05) is 48.3 Å². The Hall–Kier alpha value is -2.38.